The molecule has 25 heavy (non-hydrogen) atoms. The summed E-state index contributed by atoms with van der Waals surface area (Å²) in [5, 5.41) is 10.0. The molecular formula is C22H47NO2. The second-order valence-electron chi connectivity index (χ2n) is 8.73. The van der Waals surface area contributed by atoms with E-state index in [1.54, 1.807) is 0 Å². The summed E-state index contributed by atoms with van der Waals surface area (Å²) in [6.07, 6.45) is 9.60. The maximum absolute atomic E-state index is 10.0. The highest BCUT2D eigenvalue weighted by atomic mass is 16.4. The van der Waals surface area contributed by atoms with Gasteiger partial charge in [0.15, 0.2) is 0 Å². The molecule has 3 heteroatoms. The molecule has 0 bridgehead atoms. The van der Waals surface area contributed by atoms with Crippen molar-refractivity contribution in [2.24, 2.45) is 5.41 Å². The monoisotopic (exact) mass is 357 g/mol. The van der Waals surface area contributed by atoms with Gasteiger partial charge in [-0.3, -0.25) is 0 Å². The number of aliphatic carboxylic acids is 1. The van der Waals surface area contributed by atoms with Crippen LogP contribution in [0.3, 0.4) is 0 Å². The van der Waals surface area contributed by atoms with Crippen molar-refractivity contribution in [3.05, 3.63) is 0 Å². The van der Waals surface area contributed by atoms with Crippen molar-refractivity contribution in [2.75, 3.05) is 26.2 Å². The Morgan fingerprint density at radius 2 is 1.16 bits per heavy atom. The van der Waals surface area contributed by atoms with Crippen LogP contribution in [0.15, 0.2) is 0 Å². The summed E-state index contributed by atoms with van der Waals surface area (Å²) in [6.45, 7) is 21.4. The van der Waals surface area contributed by atoms with E-state index in [9.17, 15) is 9.90 Å². The third-order valence-corrected chi connectivity index (χ3v) is 4.60. The molecule has 0 heterocycles. The fourth-order valence-corrected chi connectivity index (χ4v) is 3.67. The average molecular weight is 358 g/mol. The lowest BCUT2D eigenvalue weighted by molar-refractivity contribution is -0.928. The molecule has 0 atom stereocenters. The molecule has 0 aliphatic rings. The zero-order valence-corrected chi connectivity index (χ0v) is 18.5. The molecule has 0 fully saturated rings. The van der Waals surface area contributed by atoms with Gasteiger partial charge in [-0.25, -0.2) is 0 Å². The van der Waals surface area contributed by atoms with E-state index >= 15 is 0 Å². The molecule has 0 saturated carbocycles. The Morgan fingerprint density at radius 1 is 0.760 bits per heavy atom. The van der Waals surface area contributed by atoms with E-state index < -0.39 is 5.97 Å². The molecule has 3 nitrogen and oxygen atoms in total. The quantitative estimate of drug-likeness (QED) is 0.337. The summed E-state index contributed by atoms with van der Waals surface area (Å²) in [5.41, 5.74) is 0.376. The largest absolute Gasteiger partial charge is 0.550 e. The predicted molar refractivity (Wildman–Crippen MR) is 108 cm³/mol. The van der Waals surface area contributed by atoms with Crippen molar-refractivity contribution >= 4 is 5.97 Å². The van der Waals surface area contributed by atoms with Gasteiger partial charge in [-0.1, -0.05) is 61.3 Å². The Bertz CT molecular complexity index is 278. The van der Waals surface area contributed by atoms with Crippen LogP contribution < -0.4 is 5.11 Å². The maximum atomic E-state index is 10.0. The van der Waals surface area contributed by atoms with E-state index in [4.69, 9.17) is 0 Å². The second-order valence-corrected chi connectivity index (χ2v) is 8.73. The van der Waals surface area contributed by atoms with Crippen LogP contribution in [0.25, 0.3) is 0 Å². The van der Waals surface area contributed by atoms with E-state index in [0.717, 1.165) is 19.3 Å². The number of hydrogen-bond donors (Lipinski definition) is 0. The van der Waals surface area contributed by atoms with Crippen LogP contribution in [0.2, 0.25) is 0 Å². The maximum Gasteiger partial charge on any atom is 0.0783 e. The summed E-state index contributed by atoms with van der Waals surface area (Å²) < 4.78 is 1.38. The van der Waals surface area contributed by atoms with E-state index in [1.165, 1.54) is 62.8 Å². The molecule has 0 amide bonds. The number of carbonyl (C=O) groups is 1. The number of carbonyl (C=O) groups excluding carboxylic acids is 1. The highest BCUT2D eigenvalue weighted by molar-refractivity contribution is 5.63. The first-order valence-corrected chi connectivity index (χ1v) is 10.7. The summed E-state index contributed by atoms with van der Waals surface area (Å²) in [4.78, 5) is 10.0. The molecule has 0 aromatic heterocycles. The molecular weight excluding hydrogens is 310 g/mol. The normalized spacial score (nSPS) is 11.8. The van der Waals surface area contributed by atoms with Gasteiger partial charge < -0.3 is 14.4 Å². The zero-order valence-electron chi connectivity index (χ0n) is 18.5. The summed E-state index contributed by atoms with van der Waals surface area (Å²) >= 11 is 0. The molecule has 152 valence electrons. The van der Waals surface area contributed by atoms with Crippen LogP contribution in [0, 0.1) is 5.41 Å². The first kappa shape index (κ1) is 26.7. The average Bonchev–Trinajstić information content (AvgIpc) is 2.47. The van der Waals surface area contributed by atoms with E-state index in [0.29, 0.717) is 5.41 Å². The molecule has 0 aliphatic carbocycles. The molecule has 0 aromatic rings. The van der Waals surface area contributed by atoms with Gasteiger partial charge >= 0.3 is 0 Å². The molecule has 0 rings (SSSR count). The van der Waals surface area contributed by atoms with Crippen molar-refractivity contribution in [1.29, 1.82) is 0 Å². The number of rotatable bonds is 13. The Kier molecular flexibility index (Phi) is 16.7. The van der Waals surface area contributed by atoms with Gasteiger partial charge in [0, 0.05) is 5.97 Å². The zero-order chi connectivity index (χ0) is 19.8. The lowest BCUT2D eigenvalue weighted by atomic mass is 9.89. The van der Waals surface area contributed by atoms with Crippen LogP contribution in [0.5, 0.6) is 0 Å². The fraction of sp³-hybridized carbons (Fsp3) is 0.955. The minimum absolute atomic E-state index is 0.212. The first-order chi connectivity index (χ1) is 11.7. The number of carboxylic acid groups (broad SMARTS) is 1. The molecule has 0 radical (unpaired) electrons. The van der Waals surface area contributed by atoms with E-state index in [2.05, 4.69) is 48.5 Å². The predicted octanol–water partition coefficient (Wildman–Crippen LogP) is 5.18. The number of nitrogens with zero attached hydrogens (tertiary/aromatic N) is 1. The van der Waals surface area contributed by atoms with Crippen LogP contribution in [-0.4, -0.2) is 36.6 Å². The number of unbranched alkanes of at least 4 members (excludes halogenated alkanes) is 2. The smallest absolute Gasteiger partial charge is 0.0783 e. The van der Waals surface area contributed by atoms with Gasteiger partial charge in [-0.2, -0.15) is 0 Å². The van der Waals surface area contributed by atoms with Gasteiger partial charge in [0.05, 0.1) is 26.2 Å². The number of carboxylic acids is 1. The Labute approximate surface area is 158 Å². The SMILES string of the molecule is CC(C)(C)CCCCCC(=O)[O-].CCC[N+](CCC)(CCC)CCC. The lowest BCUT2D eigenvalue weighted by Crippen LogP contribution is -2.50. The van der Waals surface area contributed by atoms with Crippen LogP contribution in [0.1, 0.15) is 106 Å². The van der Waals surface area contributed by atoms with Crippen molar-refractivity contribution in [2.45, 2.75) is 106 Å². The van der Waals surface area contributed by atoms with E-state index in [1.807, 2.05) is 0 Å². The molecule has 0 N–H and O–H groups in total. The highest BCUT2D eigenvalue weighted by Crippen LogP contribution is 2.22. The van der Waals surface area contributed by atoms with E-state index in [-0.39, 0.29) is 6.42 Å². The van der Waals surface area contributed by atoms with Crippen LogP contribution in [-0.2, 0) is 4.79 Å². The van der Waals surface area contributed by atoms with Crippen molar-refractivity contribution in [1.82, 2.24) is 0 Å². The fourth-order valence-electron chi connectivity index (χ4n) is 3.67. The minimum Gasteiger partial charge on any atom is -0.550 e. The third-order valence-electron chi connectivity index (χ3n) is 4.60. The van der Waals surface area contributed by atoms with Crippen molar-refractivity contribution in [3.8, 4) is 0 Å². The van der Waals surface area contributed by atoms with Gasteiger partial charge in [0.1, 0.15) is 0 Å². The van der Waals surface area contributed by atoms with Crippen LogP contribution >= 0.6 is 0 Å². The number of hydrogen-bond acceptors (Lipinski definition) is 2. The summed E-state index contributed by atoms with van der Waals surface area (Å²) in [5.74, 6) is -0.925. The van der Waals surface area contributed by atoms with Gasteiger partial charge in [0.2, 0.25) is 0 Å². The first-order valence-electron chi connectivity index (χ1n) is 10.7. The minimum atomic E-state index is -0.925. The summed E-state index contributed by atoms with van der Waals surface area (Å²) in [7, 11) is 0. The Balaban J connectivity index is 0. The molecule has 0 unspecified atom stereocenters. The molecule has 0 spiro atoms. The Morgan fingerprint density at radius 3 is 1.44 bits per heavy atom. The molecule has 0 saturated heterocycles. The van der Waals surface area contributed by atoms with Gasteiger partial charge in [-0.05, 0) is 50.4 Å². The van der Waals surface area contributed by atoms with Gasteiger partial charge in [0.25, 0.3) is 0 Å². The highest BCUT2D eigenvalue weighted by Gasteiger charge is 2.22. The molecule has 0 aliphatic heterocycles. The van der Waals surface area contributed by atoms with Gasteiger partial charge in [-0.15, -0.1) is 0 Å². The molecule has 0 aromatic carbocycles. The lowest BCUT2D eigenvalue weighted by Gasteiger charge is -2.38. The Hall–Kier alpha value is -0.570. The second kappa shape index (κ2) is 15.7. The standard InChI is InChI=1S/C12H28N.C10H20O2/c1-5-9-13(10-6-2,11-7-3)12-8-4;1-10(2,3)8-6-4-5-7-9(11)12/h5-12H2,1-4H3;4-8H2,1-3H3,(H,11,12)/q+1;/p-1. The van der Waals surface area contributed by atoms with Crippen molar-refractivity contribution < 1.29 is 14.4 Å². The van der Waals surface area contributed by atoms with Crippen molar-refractivity contribution in [3.63, 3.8) is 0 Å². The third kappa shape index (κ3) is 18.0. The topological polar surface area (TPSA) is 40.1 Å². The van der Waals surface area contributed by atoms with Crippen LogP contribution in [0.4, 0.5) is 0 Å². The number of quaternary nitrogens is 1. The summed E-state index contributed by atoms with van der Waals surface area (Å²) in [6, 6.07) is 0.